The zero-order valence-electron chi connectivity index (χ0n) is 16.0. The van der Waals surface area contributed by atoms with Crippen molar-refractivity contribution in [3.63, 3.8) is 0 Å². The number of nitrogens with one attached hydrogen (secondary N) is 1. The predicted molar refractivity (Wildman–Crippen MR) is 108 cm³/mol. The summed E-state index contributed by atoms with van der Waals surface area (Å²) >= 11 is 1.42. The molecular weight excluding hydrogens is 374 g/mol. The number of likely N-dealkylation sites (tertiary alicyclic amines) is 2. The topological polar surface area (TPSA) is 65.8 Å². The van der Waals surface area contributed by atoms with Crippen molar-refractivity contribution >= 4 is 23.2 Å². The van der Waals surface area contributed by atoms with Gasteiger partial charge in [0.2, 0.25) is 5.91 Å². The predicted octanol–water partition coefficient (Wildman–Crippen LogP) is 3.29. The van der Waals surface area contributed by atoms with Crippen LogP contribution in [0.2, 0.25) is 0 Å². The van der Waals surface area contributed by atoms with Crippen molar-refractivity contribution in [3.8, 4) is 0 Å². The molecule has 150 valence electrons. The van der Waals surface area contributed by atoms with Crippen molar-refractivity contribution in [2.45, 2.75) is 44.2 Å². The minimum atomic E-state index is -0.381. The van der Waals surface area contributed by atoms with Gasteiger partial charge in [0.15, 0.2) is 0 Å². The number of piperidine rings is 1. The fourth-order valence-corrected chi connectivity index (χ4v) is 4.94. The Labute approximate surface area is 169 Å². The molecule has 2 aliphatic rings. The molecule has 2 aromatic heterocycles. The third kappa shape index (κ3) is 4.15. The second-order valence-electron chi connectivity index (χ2n) is 7.51. The molecule has 1 unspecified atom stereocenters. The number of hydrogen-bond acceptors (Lipinski definition) is 5. The Morgan fingerprint density at radius 3 is 2.71 bits per heavy atom. The second kappa shape index (κ2) is 8.92. The summed E-state index contributed by atoms with van der Waals surface area (Å²) in [7, 11) is 0. The molecule has 0 aromatic carbocycles. The van der Waals surface area contributed by atoms with Crippen molar-refractivity contribution in [3.05, 3.63) is 46.5 Å². The Kier molecular flexibility index (Phi) is 6.12. The van der Waals surface area contributed by atoms with E-state index in [9.17, 15) is 9.59 Å². The van der Waals surface area contributed by atoms with Crippen LogP contribution < -0.4 is 5.32 Å². The third-order valence-electron chi connectivity index (χ3n) is 5.72. The number of rotatable bonds is 6. The maximum absolute atomic E-state index is 12.9. The Balaban J connectivity index is 1.40. The van der Waals surface area contributed by atoms with Crippen molar-refractivity contribution in [2.75, 3.05) is 26.2 Å². The van der Waals surface area contributed by atoms with Gasteiger partial charge in [-0.15, -0.1) is 11.3 Å². The summed E-state index contributed by atoms with van der Waals surface area (Å²) in [5, 5.41) is 5.00. The molecular formula is C21H27N3O3S. The van der Waals surface area contributed by atoms with E-state index in [4.69, 9.17) is 4.42 Å². The van der Waals surface area contributed by atoms with E-state index in [0.717, 1.165) is 31.7 Å². The van der Waals surface area contributed by atoms with Crippen LogP contribution in [0.1, 0.15) is 53.6 Å². The number of hydrogen-bond donors (Lipinski definition) is 1. The smallest absolute Gasteiger partial charge is 0.264 e. The van der Waals surface area contributed by atoms with Gasteiger partial charge in [-0.3, -0.25) is 14.5 Å². The van der Waals surface area contributed by atoms with Crippen LogP contribution in [0.3, 0.4) is 0 Å². The lowest BCUT2D eigenvalue weighted by Crippen LogP contribution is -2.48. The lowest BCUT2D eigenvalue weighted by atomic mass is 10.1. The molecule has 0 saturated carbocycles. The first kappa shape index (κ1) is 19.2. The van der Waals surface area contributed by atoms with E-state index in [-0.39, 0.29) is 23.9 Å². The highest BCUT2D eigenvalue weighted by Gasteiger charge is 2.35. The Bertz CT molecular complexity index is 769. The molecule has 0 bridgehead atoms. The molecule has 1 N–H and O–H groups in total. The van der Waals surface area contributed by atoms with Gasteiger partial charge in [0, 0.05) is 13.1 Å². The summed E-state index contributed by atoms with van der Waals surface area (Å²) in [5.41, 5.74) is 0. The summed E-state index contributed by atoms with van der Waals surface area (Å²) in [6.07, 6.45) is 6.89. The molecule has 0 aliphatic carbocycles. The van der Waals surface area contributed by atoms with Gasteiger partial charge in [0.1, 0.15) is 11.8 Å². The molecule has 6 nitrogen and oxygen atoms in total. The van der Waals surface area contributed by atoms with E-state index >= 15 is 0 Å². The van der Waals surface area contributed by atoms with Crippen LogP contribution in [0.5, 0.6) is 0 Å². The molecule has 0 spiro atoms. The van der Waals surface area contributed by atoms with E-state index in [1.54, 1.807) is 11.2 Å². The number of carbonyl (C=O) groups excluding carboxylic acids is 2. The Morgan fingerprint density at radius 2 is 2.00 bits per heavy atom. The normalized spacial score (nSPS) is 21.6. The maximum Gasteiger partial charge on any atom is 0.264 e. The largest absolute Gasteiger partial charge is 0.468 e. The van der Waals surface area contributed by atoms with Gasteiger partial charge < -0.3 is 14.6 Å². The minimum Gasteiger partial charge on any atom is -0.468 e. The van der Waals surface area contributed by atoms with Crippen LogP contribution in [0.15, 0.2) is 40.3 Å². The van der Waals surface area contributed by atoms with Gasteiger partial charge >= 0.3 is 0 Å². The number of furan rings is 1. The first-order valence-electron chi connectivity index (χ1n) is 10.1. The van der Waals surface area contributed by atoms with Crippen LogP contribution in [0, 0.1) is 0 Å². The zero-order chi connectivity index (χ0) is 19.3. The van der Waals surface area contributed by atoms with Gasteiger partial charge in [-0.2, -0.15) is 0 Å². The zero-order valence-corrected chi connectivity index (χ0v) is 16.8. The minimum absolute atomic E-state index is 0.0359. The van der Waals surface area contributed by atoms with E-state index in [1.165, 1.54) is 30.6 Å². The monoisotopic (exact) mass is 401 g/mol. The van der Waals surface area contributed by atoms with E-state index < -0.39 is 0 Å². The van der Waals surface area contributed by atoms with E-state index in [1.807, 2.05) is 29.6 Å². The lowest BCUT2D eigenvalue weighted by Gasteiger charge is -2.34. The maximum atomic E-state index is 12.9. The molecule has 2 aliphatic heterocycles. The molecule has 7 heteroatoms. The van der Waals surface area contributed by atoms with Crippen molar-refractivity contribution < 1.29 is 14.0 Å². The van der Waals surface area contributed by atoms with Crippen LogP contribution in [-0.2, 0) is 4.79 Å². The number of thiophene rings is 1. The summed E-state index contributed by atoms with van der Waals surface area (Å²) in [6.45, 7) is 3.19. The lowest BCUT2D eigenvalue weighted by molar-refractivity contribution is -0.125. The first-order valence-corrected chi connectivity index (χ1v) is 11.0. The Morgan fingerprint density at radius 1 is 1.14 bits per heavy atom. The first-order chi connectivity index (χ1) is 13.7. The number of carbonyl (C=O) groups is 2. The molecule has 0 radical (unpaired) electrons. The van der Waals surface area contributed by atoms with E-state index in [0.29, 0.717) is 18.0 Å². The summed E-state index contributed by atoms with van der Waals surface area (Å²) in [5.74, 6) is 0.794. The highest BCUT2D eigenvalue weighted by molar-refractivity contribution is 7.12. The van der Waals surface area contributed by atoms with Gasteiger partial charge in [-0.05, 0) is 62.4 Å². The molecule has 2 fully saturated rings. The van der Waals surface area contributed by atoms with Crippen LogP contribution in [-0.4, -0.2) is 53.8 Å². The van der Waals surface area contributed by atoms with Crippen molar-refractivity contribution in [1.29, 1.82) is 0 Å². The average Bonchev–Trinajstić information content (AvgIpc) is 3.51. The highest BCUT2D eigenvalue weighted by atomic mass is 32.1. The highest BCUT2D eigenvalue weighted by Crippen LogP contribution is 2.26. The fraction of sp³-hybridized carbons (Fsp3) is 0.524. The SMILES string of the molecule is O=C(NCC(c1ccco1)N1CCCCC1)[C@@H]1CCCN1C(=O)c1cccs1. The number of nitrogens with zero attached hydrogens (tertiary/aromatic N) is 2. The van der Waals surface area contributed by atoms with Gasteiger partial charge in [-0.1, -0.05) is 12.5 Å². The molecule has 4 heterocycles. The van der Waals surface area contributed by atoms with Crippen molar-refractivity contribution in [2.24, 2.45) is 0 Å². The van der Waals surface area contributed by atoms with Crippen LogP contribution in [0.25, 0.3) is 0 Å². The Hall–Kier alpha value is -2.12. The van der Waals surface area contributed by atoms with Gasteiger partial charge in [-0.25, -0.2) is 0 Å². The molecule has 28 heavy (non-hydrogen) atoms. The molecule has 2 saturated heterocycles. The average molecular weight is 402 g/mol. The van der Waals surface area contributed by atoms with Crippen LogP contribution >= 0.6 is 11.3 Å². The molecule has 2 aromatic rings. The van der Waals surface area contributed by atoms with Gasteiger partial charge in [0.25, 0.3) is 5.91 Å². The molecule has 4 rings (SSSR count). The van der Waals surface area contributed by atoms with Crippen molar-refractivity contribution in [1.82, 2.24) is 15.1 Å². The standard InChI is InChI=1S/C21H27N3O3S/c25-20(16-7-4-12-24(16)21(26)19-9-6-14-28-19)22-15-17(18-8-5-13-27-18)23-10-2-1-3-11-23/h5-6,8-9,13-14,16-17H,1-4,7,10-12,15H2,(H,22,25)/t16-,17?/m0/s1. The summed E-state index contributed by atoms with van der Waals surface area (Å²) < 4.78 is 5.66. The fourth-order valence-electron chi connectivity index (χ4n) is 4.26. The second-order valence-corrected chi connectivity index (χ2v) is 8.45. The number of amides is 2. The van der Waals surface area contributed by atoms with Gasteiger partial charge in [0.05, 0.1) is 17.2 Å². The van der Waals surface area contributed by atoms with Crippen LogP contribution in [0.4, 0.5) is 0 Å². The quantitative estimate of drug-likeness (QED) is 0.807. The third-order valence-corrected chi connectivity index (χ3v) is 6.58. The summed E-state index contributed by atoms with van der Waals surface area (Å²) in [6, 6.07) is 7.23. The molecule has 2 amide bonds. The molecule has 2 atom stereocenters. The van der Waals surface area contributed by atoms with E-state index in [2.05, 4.69) is 10.2 Å². The summed E-state index contributed by atoms with van der Waals surface area (Å²) in [4.78, 5) is 30.5.